The van der Waals surface area contributed by atoms with Crippen molar-refractivity contribution in [1.29, 1.82) is 0 Å². The van der Waals surface area contributed by atoms with E-state index in [9.17, 15) is 14.4 Å². The lowest BCUT2D eigenvalue weighted by Crippen LogP contribution is -2.45. The third-order valence-corrected chi connectivity index (χ3v) is 3.87. The summed E-state index contributed by atoms with van der Waals surface area (Å²) in [5.41, 5.74) is 1.05. The van der Waals surface area contributed by atoms with Crippen molar-refractivity contribution in [3.05, 3.63) is 39.9 Å². The van der Waals surface area contributed by atoms with Gasteiger partial charge in [-0.15, -0.1) is 5.92 Å². The monoisotopic (exact) mass is 309 g/mol. The topological polar surface area (TPSA) is 81.1 Å². The minimum atomic E-state index is -0.702. The number of piperidine rings is 1. The number of nitrogens with zero attached hydrogens (tertiary/aromatic N) is 2. The van der Waals surface area contributed by atoms with Gasteiger partial charge in [-0.2, -0.15) is 0 Å². The maximum Gasteiger partial charge on any atom is 0.262 e. The van der Waals surface area contributed by atoms with Gasteiger partial charge in [0.25, 0.3) is 5.56 Å². The molecule has 1 unspecified atom stereocenters. The van der Waals surface area contributed by atoms with Gasteiger partial charge in [-0.3, -0.25) is 24.3 Å². The second kappa shape index (κ2) is 5.69. The maximum atomic E-state index is 12.8. The number of nitrogens with one attached hydrogen (secondary N) is 1. The van der Waals surface area contributed by atoms with Crippen LogP contribution >= 0.6 is 0 Å². The third-order valence-electron chi connectivity index (χ3n) is 3.87. The lowest BCUT2D eigenvalue weighted by molar-refractivity contribution is -0.135. The van der Waals surface area contributed by atoms with Gasteiger partial charge in [0, 0.05) is 12.0 Å². The zero-order valence-electron chi connectivity index (χ0n) is 12.8. The molecule has 2 amide bonds. The summed E-state index contributed by atoms with van der Waals surface area (Å²) in [4.78, 5) is 40.5. The Hall–Kier alpha value is -2.94. The van der Waals surface area contributed by atoms with Gasteiger partial charge in [-0.05, 0) is 38.5 Å². The van der Waals surface area contributed by atoms with Crippen LogP contribution in [0.2, 0.25) is 0 Å². The van der Waals surface area contributed by atoms with E-state index in [1.54, 1.807) is 32.0 Å². The van der Waals surface area contributed by atoms with E-state index in [1.165, 1.54) is 4.57 Å². The smallest absolute Gasteiger partial charge is 0.262 e. The molecule has 2 aromatic rings. The van der Waals surface area contributed by atoms with Gasteiger partial charge in [-0.25, -0.2) is 4.98 Å². The molecule has 6 heteroatoms. The first kappa shape index (κ1) is 15.0. The van der Waals surface area contributed by atoms with Gasteiger partial charge in [0.15, 0.2) is 0 Å². The quantitative estimate of drug-likeness (QED) is 0.631. The van der Waals surface area contributed by atoms with Gasteiger partial charge < -0.3 is 0 Å². The van der Waals surface area contributed by atoms with Crippen LogP contribution in [-0.4, -0.2) is 21.4 Å². The Kier molecular flexibility index (Phi) is 3.70. The lowest BCUT2D eigenvalue weighted by atomic mass is 10.1. The highest BCUT2D eigenvalue weighted by Crippen LogP contribution is 2.20. The van der Waals surface area contributed by atoms with Crippen LogP contribution in [0.5, 0.6) is 0 Å². The van der Waals surface area contributed by atoms with Gasteiger partial charge in [0.05, 0.1) is 10.9 Å². The predicted octanol–water partition coefficient (Wildman–Crippen LogP) is 1.05. The standard InChI is InChI=1S/C17H15N3O3/c1-3-4-11-5-6-12-13(9-11)18-10(2)20(17(12)23)14-7-8-15(21)19-16(14)22/h5-6,9,14H,7-8H2,1-2H3,(H,19,21,22). The number of carbonyl (C=O) groups is 2. The molecule has 1 fully saturated rings. The molecule has 0 aliphatic carbocycles. The largest absolute Gasteiger partial charge is 0.295 e. The second-order valence-corrected chi connectivity index (χ2v) is 5.41. The summed E-state index contributed by atoms with van der Waals surface area (Å²) in [6.45, 7) is 3.42. The number of aromatic nitrogens is 2. The first-order valence-electron chi connectivity index (χ1n) is 7.30. The highest BCUT2D eigenvalue weighted by Gasteiger charge is 2.30. The molecular weight excluding hydrogens is 294 g/mol. The first-order chi connectivity index (χ1) is 11.0. The average molecular weight is 309 g/mol. The van der Waals surface area contributed by atoms with E-state index in [1.807, 2.05) is 0 Å². The summed E-state index contributed by atoms with van der Waals surface area (Å²) in [5.74, 6) is 5.41. The Balaban J connectivity index is 2.17. The zero-order valence-corrected chi connectivity index (χ0v) is 12.8. The molecule has 1 aromatic carbocycles. The van der Waals surface area contributed by atoms with Crippen molar-refractivity contribution in [2.75, 3.05) is 0 Å². The Bertz CT molecular complexity index is 947. The minimum Gasteiger partial charge on any atom is -0.295 e. The molecular formula is C17H15N3O3. The number of benzene rings is 1. The molecule has 6 nitrogen and oxygen atoms in total. The van der Waals surface area contributed by atoms with E-state index in [0.717, 1.165) is 5.56 Å². The van der Waals surface area contributed by atoms with Crippen molar-refractivity contribution in [3.63, 3.8) is 0 Å². The fourth-order valence-corrected chi connectivity index (χ4v) is 2.83. The van der Waals surface area contributed by atoms with Crippen molar-refractivity contribution < 1.29 is 9.59 Å². The second-order valence-electron chi connectivity index (χ2n) is 5.41. The number of hydrogen-bond donors (Lipinski definition) is 1. The summed E-state index contributed by atoms with van der Waals surface area (Å²) >= 11 is 0. The molecule has 116 valence electrons. The fourth-order valence-electron chi connectivity index (χ4n) is 2.83. The number of rotatable bonds is 1. The van der Waals surface area contributed by atoms with Crippen molar-refractivity contribution >= 4 is 22.7 Å². The highest BCUT2D eigenvalue weighted by atomic mass is 16.2. The molecule has 0 bridgehead atoms. The van der Waals surface area contributed by atoms with Crippen LogP contribution in [0.25, 0.3) is 10.9 Å². The van der Waals surface area contributed by atoms with Crippen LogP contribution in [0.4, 0.5) is 0 Å². The van der Waals surface area contributed by atoms with Gasteiger partial charge in [0.1, 0.15) is 11.9 Å². The van der Waals surface area contributed by atoms with Crippen LogP contribution in [0.15, 0.2) is 23.0 Å². The SMILES string of the molecule is CC#Cc1ccc2c(=O)n(C3CCC(=O)NC3=O)c(C)nc2c1. The number of hydrogen-bond acceptors (Lipinski definition) is 4. The number of fused-ring (bicyclic) bond motifs is 1. The Labute approximate surface area is 132 Å². The lowest BCUT2D eigenvalue weighted by Gasteiger charge is -2.24. The molecule has 0 radical (unpaired) electrons. The average Bonchev–Trinajstić information content (AvgIpc) is 2.49. The first-order valence-corrected chi connectivity index (χ1v) is 7.30. The van der Waals surface area contributed by atoms with E-state index >= 15 is 0 Å². The predicted molar refractivity (Wildman–Crippen MR) is 84.7 cm³/mol. The molecule has 0 saturated carbocycles. The van der Waals surface area contributed by atoms with Crippen LogP contribution < -0.4 is 10.9 Å². The van der Waals surface area contributed by atoms with Crippen LogP contribution in [0.3, 0.4) is 0 Å². The van der Waals surface area contributed by atoms with Crippen molar-refractivity contribution in [1.82, 2.24) is 14.9 Å². The van der Waals surface area contributed by atoms with Crippen molar-refractivity contribution in [3.8, 4) is 11.8 Å². The van der Waals surface area contributed by atoms with Gasteiger partial charge in [-0.1, -0.05) is 5.92 Å². The maximum absolute atomic E-state index is 12.8. The van der Waals surface area contributed by atoms with Crippen LogP contribution in [0.1, 0.15) is 37.2 Å². The number of imide groups is 1. The normalized spacial score (nSPS) is 17.6. The third kappa shape index (κ3) is 2.61. The summed E-state index contributed by atoms with van der Waals surface area (Å²) in [5, 5.41) is 2.70. The summed E-state index contributed by atoms with van der Waals surface area (Å²) in [6, 6.07) is 4.49. The summed E-state index contributed by atoms with van der Waals surface area (Å²) in [6.07, 6.45) is 0.517. The zero-order chi connectivity index (χ0) is 16.6. The van der Waals surface area contributed by atoms with Crippen LogP contribution in [0, 0.1) is 18.8 Å². The summed E-state index contributed by atoms with van der Waals surface area (Å²) < 4.78 is 1.37. The highest BCUT2D eigenvalue weighted by molar-refractivity contribution is 5.99. The van der Waals surface area contributed by atoms with E-state index in [-0.39, 0.29) is 17.9 Å². The van der Waals surface area contributed by atoms with Crippen molar-refractivity contribution in [2.24, 2.45) is 0 Å². The number of aryl methyl sites for hydroxylation is 1. The molecule has 1 aliphatic rings. The Morgan fingerprint density at radius 2 is 2.09 bits per heavy atom. The fraction of sp³-hybridized carbons (Fsp3) is 0.294. The molecule has 0 spiro atoms. The Morgan fingerprint density at radius 1 is 1.30 bits per heavy atom. The van der Waals surface area contributed by atoms with Gasteiger partial charge in [0.2, 0.25) is 11.8 Å². The van der Waals surface area contributed by atoms with E-state index in [4.69, 9.17) is 0 Å². The molecule has 1 aliphatic heterocycles. The van der Waals surface area contributed by atoms with E-state index < -0.39 is 11.9 Å². The minimum absolute atomic E-state index is 0.214. The van der Waals surface area contributed by atoms with Crippen molar-refractivity contribution in [2.45, 2.75) is 32.7 Å². The molecule has 23 heavy (non-hydrogen) atoms. The van der Waals surface area contributed by atoms with Gasteiger partial charge >= 0.3 is 0 Å². The molecule has 1 atom stereocenters. The summed E-state index contributed by atoms with van der Waals surface area (Å²) in [7, 11) is 0. The molecule has 1 aromatic heterocycles. The molecule has 1 saturated heterocycles. The molecule has 3 rings (SSSR count). The van der Waals surface area contributed by atoms with Crippen LogP contribution in [-0.2, 0) is 9.59 Å². The molecule has 1 N–H and O–H groups in total. The Morgan fingerprint density at radius 3 is 2.78 bits per heavy atom. The number of carbonyl (C=O) groups excluding carboxylic acids is 2. The van der Waals surface area contributed by atoms with E-state index in [2.05, 4.69) is 22.1 Å². The molecule has 2 heterocycles. The number of amides is 2. The van der Waals surface area contributed by atoms with E-state index in [0.29, 0.717) is 23.1 Å².